The first kappa shape index (κ1) is 19.2. The molecule has 0 radical (unpaired) electrons. The van der Waals surface area contributed by atoms with Crippen molar-refractivity contribution < 1.29 is 9.59 Å². The number of nitrogens with zero attached hydrogens (tertiary/aromatic N) is 3. The first-order chi connectivity index (χ1) is 13.0. The molecule has 1 unspecified atom stereocenters. The normalized spacial score (nSPS) is 14.4. The van der Waals surface area contributed by atoms with E-state index in [1.54, 1.807) is 6.08 Å². The Morgan fingerprint density at radius 3 is 2.85 bits per heavy atom. The Labute approximate surface area is 162 Å². The largest absolute Gasteiger partial charge is 0.352 e. The van der Waals surface area contributed by atoms with Crippen molar-refractivity contribution >= 4 is 29.3 Å². The molecule has 1 heterocycles. The average Bonchev–Trinajstić information content (AvgIpc) is 3.40. The van der Waals surface area contributed by atoms with Gasteiger partial charge in [-0.25, -0.2) is 0 Å². The van der Waals surface area contributed by atoms with Gasteiger partial charge in [0, 0.05) is 25.1 Å². The Morgan fingerprint density at radius 1 is 1.41 bits per heavy atom. The van der Waals surface area contributed by atoms with E-state index >= 15 is 0 Å². The van der Waals surface area contributed by atoms with Crippen molar-refractivity contribution in [1.82, 2.24) is 20.1 Å². The Bertz CT molecular complexity index is 860. The smallest absolute Gasteiger partial charge is 0.233 e. The summed E-state index contributed by atoms with van der Waals surface area (Å²) < 4.78 is 1.99. The van der Waals surface area contributed by atoms with Crippen LogP contribution in [-0.4, -0.2) is 38.4 Å². The first-order valence-corrected chi connectivity index (χ1v) is 9.76. The summed E-state index contributed by atoms with van der Waals surface area (Å²) in [5, 5.41) is 14.7. The van der Waals surface area contributed by atoms with Crippen LogP contribution in [0.5, 0.6) is 0 Å². The number of anilines is 1. The summed E-state index contributed by atoms with van der Waals surface area (Å²) in [5.74, 6) is 1.09. The van der Waals surface area contributed by atoms with Gasteiger partial charge in [-0.15, -0.1) is 16.8 Å². The monoisotopic (exact) mass is 385 g/mol. The SMILES string of the molecule is C=CCNC(=O)C(C)Sc1nnc(C2CC2)n1-c1cccc(NC(C)=O)c1. The second-order valence-corrected chi connectivity index (χ2v) is 7.78. The van der Waals surface area contributed by atoms with Crippen LogP contribution in [0.1, 0.15) is 38.4 Å². The molecular formula is C19H23N5O2S. The number of amides is 2. The van der Waals surface area contributed by atoms with Crippen molar-refractivity contribution in [1.29, 1.82) is 0 Å². The molecule has 8 heteroatoms. The van der Waals surface area contributed by atoms with Crippen LogP contribution >= 0.6 is 11.8 Å². The Morgan fingerprint density at radius 2 is 2.19 bits per heavy atom. The highest BCUT2D eigenvalue weighted by atomic mass is 32.2. The van der Waals surface area contributed by atoms with E-state index in [1.807, 2.05) is 35.8 Å². The van der Waals surface area contributed by atoms with Crippen molar-refractivity contribution in [3.05, 3.63) is 42.7 Å². The van der Waals surface area contributed by atoms with Crippen molar-refractivity contribution in [3.8, 4) is 5.69 Å². The number of aromatic nitrogens is 3. The molecule has 142 valence electrons. The lowest BCUT2D eigenvalue weighted by Crippen LogP contribution is -2.31. The second-order valence-electron chi connectivity index (χ2n) is 6.48. The molecule has 7 nitrogen and oxygen atoms in total. The van der Waals surface area contributed by atoms with Gasteiger partial charge in [0.1, 0.15) is 5.82 Å². The van der Waals surface area contributed by atoms with Gasteiger partial charge in [-0.05, 0) is 38.0 Å². The fourth-order valence-electron chi connectivity index (χ4n) is 2.66. The molecule has 1 aromatic carbocycles. The van der Waals surface area contributed by atoms with E-state index in [-0.39, 0.29) is 17.1 Å². The number of rotatable bonds is 8. The highest BCUT2D eigenvalue weighted by molar-refractivity contribution is 8.00. The maximum absolute atomic E-state index is 12.2. The number of hydrogen-bond donors (Lipinski definition) is 2. The summed E-state index contributed by atoms with van der Waals surface area (Å²) >= 11 is 1.37. The lowest BCUT2D eigenvalue weighted by Gasteiger charge is -2.14. The molecule has 0 saturated heterocycles. The Balaban J connectivity index is 1.90. The molecule has 2 amide bonds. The highest BCUT2D eigenvalue weighted by Crippen LogP contribution is 2.41. The molecule has 27 heavy (non-hydrogen) atoms. The maximum Gasteiger partial charge on any atom is 0.233 e. The zero-order valence-corrected chi connectivity index (χ0v) is 16.3. The zero-order valence-electron chi connectivity index (χ0n) is 15.4. The standard InChI is InChI=1S/C19H23N5O2S/c1-4-10-20-18(26)12(2)27-19-23-22-17(14-8-9-14)24(19)16-7-5-6-15(11-16)21-13(3)25/h4-7,11-12,14H,1,8-10H2,2-3H3,(H,20,26)(H,21,25). The minimum atomic E-state index is -0.321. The molecule has 0 bridgehead atoms. The average molecular weight is 385 g/mol. The topological polar surface area (TPSA) is 88.9 Å². The third kappa shape index (κ3) is 4.77. The lowest BCUT2D eigenvalue weighted by atomic mass is 10.2. The number of thioether (sulfide) groups is 1. The van der Waals surface area contributed by atoms with Gasteiger partial charge in [0.15, 0.2) is 5.16 Å². The summed E-state index contributed by atoms with van der Waals surface area (Å²) in [6.07, 6.45) is 3.82. The van der Waals surface area contributed by atoms with Crippen LogP contribution in [0.3, 0.4) is 0 Å². The number of hydrogen-bond acceptors (Lipinski definition) is 5. The van der Waals surface area contributed by atoms with Gasteiger partial charge in [-0.2, -0.15) is 0 Å². The van der Waals surface area contributed by atoms with Crippen molar-refractivity contribution in [2.75, 3.05) is 11.9 Å². The van der Waals surface area contributed by atoms with Crippen LogP contribution in [0.2, 0.25) is 0 Å². The molecular weight excluding hydrogens is 362 g/mol. The lowest BCUT2D eigenvalue weighted by molar-refractivity contribution is -0.120. The fraction of sp³-hybridized carbons (Fsp3) is 0.368. The third-order valence-electron chi connectivity index (χ3n) is 4.10. The van der Waals surface area contributed by atoms with Crippen molar-refractivity contribution in [2.45, 2.75) is 43.0 Å². The molecule has 1 aromatic heterocycles. The van der Waals surface area contributed by atoms with E-state index in [1.165, 1.54) is 18.7 Å². The van der Waals surface area contributed by atoms with Gasteiger partial charge in [0.2, 0.25) is 11.8 Å². The van der Waals surface area contributed by atoms with E-state index in [4.69, 9.17) is 0 Å². The summed E-state index contributed by atoms with van der Waals surface area (Å²) in [5.41, 5.74) is 1.58. The molecule has 2 N–H and O–H groups in total. The number of nitrogens with one attached hydrogen (secondary N) is 2. The molecule has 2 aromatic rings. The predicted molar refractivity (Wildman–Crippen MR) is 106 cm³/mol. The van der Waals surface area contributed by atoms with Crippen LogP contribution < -0.4 is 10.6 Å². The van der Waals surface area contributed by atoms with Crippen LogP contribution in [-0.2, 0) is 9.59 Å². The van der Waals surface area contributed by atoms with Gasteiger partial charge in [0.25, 0.3) is 0 Å². The van der Waals surface area contributed by atoms with Crippen LogP contribution in [0, 0.1) is 0 Å². The molecule has 1 atom stereocenters. The third-order valence-corrected chi connectivity index (χ3v) is 5.14. The molecule has 3 rings (SSSR count). The van der Waals surface area contributed by atoms with Crippen LogP contribution in [0.4, 0.5) is 5.69 Å². The number of benzene rings is 1. The van der Waals surface area contributed by atoms with Crippen LogP contribution in [0.25, 0.3) is 5.69 Å². The maximum atomic E-state index is 12.2. The zero-order chi connectivity index (χ0) is 19.4. The summed E-state index contributed by atoms with van der Waals surface area (Å²) in [4.78, 5) is 23.6. The number of carbonyl (C=O) groups is 2. The molecule has 0 spiro atoms. The minimum Gasteiger partial charge on any atom is -0.352 e. The Hall–Kier alpha value is -2.61. The van der Waals surface area contributed by atoms with Gasteiger partial charge in [0.05, 0.1) is 10.9 Å². The summed E-state index contributed by atoms with van der Waals surface area (Å²) in [6.45, 7) is 7.36. The Kier molecular flexibility index (Phi) is 5.95. The van der Waals surface area contributed by atoms with E-state index in [9.17, 15) is 9.59 Å². The molecule has 1 aliphatic rings. The van der Waals surface area contributed by atoms with E-state index in [0.717, 1.165) is 24.4 Å². The molecule has 1 aliphatic carbocycles. The van der Waals surface area contributed by atoms with Gasteiger partial charge >= 0.3 is 0 Å². The molecule has 0 aliphatic heterocycles. The van der Waals surface area contributed by atoms with E-state index in [0.29, 0.717) is 23.3 Å². The quantitative estimate of drug-likeness (QED) is 0.539. The van der Waals surface area contributed by atoms with Gasteiger partial charge in [-0.3, -0.25) is 14.2 Å². The summed E-state index contributed by atoms with van der Waals surface area (Å²) in [6, 6.07) is 7.56. The molecule has 1 fully saturated rings. The summed E-state index contributed by atoms with van der Waals surface area (Å²) in [7, 11) is 0. The second kappa shape index (κ2) is 8.39. The fourth-order valence-corrected chi connectivity index (χ4v) is 3.56. The van der Waals surface area contributed by atoms with E-state index in [2.05, 4.69) is 27.4 Å². The van der Waals surface area contributed by atoms with E-state index < -0.39 is 0 Å². The van der Waals surface area contributed by atoms with Crippen LogP contribution in [0.15, 0.2) is 42.1 Å². The van der Waals surface area contributed by atoms with Gasteiger partial charge in [-0.1, -0.05) is 23.9 Å². The van der Waals surface area contributed by atoms with Gasteiger partial charge < -0.3 is 10.6 Å². The number of carbonyl (C=O) groups excluding carboxylic acids is 2. The predicted octanol–water partition coefficient (Wildman–Crippen LogP) is 2.89. The van der Waals surface area contributed by atoms with Crippen molar-refractivity contribution in [2.24, 2.45) is 0 Å². The van der Waals surface area contributed by atoms with Crippen molar-refractivity contribution in [3.63, 3.8) is 0 Å². The highest BCUT2D eigenvalue weighted by Gasteiger charge is 2.32. The molecule has 1 saturated carbocycles. The minimum absolute atomic E-state index is 0.0746. The first-order valence-electron chi connectivity index (χ1n) is 8.88.